The van der Waals surface area contributed by atoms with Crippen LogP contribution in [0.25, 0.3) is 0 Å². The predicted octanol–water partition coefficient (Wildman–Crippen LogP) is 3.80. The first kappa shape index (κ1) is 15.5. The maximum Gasteiger partial charge on any atom is 0.0937 e. The van der Waals surface area contributed by atoms with E-state index in [2.05, 4.69) is 45.2 Å². The van der Waals surface area contributed by atoms with Gasteiger partial charge in [0.25, 0.3) is 0 Å². The summed E-state index contributed by atoms with van der Waals surface area (Å²) in [5.74, 6) is 0. The Labute approximate surface area is 132 Å². The molecule has 0 bridgehead atoms. The lowest BCUT2D eigenvalue weighted by molar-refractivity contribution is 0.522. The minimum Gasteiger partial charge on any atom is -0.304 e. The van der Waals surface area contributed by atoms with E-state index in [9.17, 15) is 0 Å². The van der Waals surface area contributed by atoms with E-state index in [4.69, 9.17) is 11.6 Å². The topological polar surface area (TPSA) is 42.7 Å². The summed E-state index contributed by atoms with van der Waals surface area (Å²) in [5, 5.41) is 8.49. The van der Waals surface area contributed by atoms with Crippen molar-refractivity contribution in [3.8, 4) is 0 Å². The maximum absolute atomic E-state index is 6.32. The molecule has 1 unspecified atom stereocenters. The van der Waals surface area contributed by atoms with Gasteiger partial charge in [-0.3, -0.25) is 9.67 Å². The van der Waals surface area contributed by atoms with Crippen LogP contribution in [0.5, 0.6) is 0 Å². The highest BCUT2D eigenvalue weighted by atomic mass is 79.9. The van der Waals surface area contributed by atoms with E-state index in [0.717, 1.165) is 35.4 Å². The van der Waals surface area contributed by atoms with E-state index in [1.54, 1.807) is 12.4 Å². The van der Waals surface area contributed by atoms with Crippen molar-refractivity contribution in [2.75, 3.05) is 6.54 Å². The number of aryl methyl sites for hydroxylation is 1. The summed E-state index contributed by atoms with van der Waals surface area (Å²) in [5.41, 5.74) is 1.91. The molecule has 0 aromatic carbocycles. The molecule has 0 spiro atoms. The Kier molecular flexibility index (Phi) is 5.57. The molecule has 0 amide bonds. The molecular formula is C14H18BrClN4. The van der Waals surface area contributed by atoms with Crippen LogP contribution in [0.3, 0.4) is 0 Å². The zero-order valence-corrected chi connectivity index (χ0v) is 13.9. The number of rotatable bonds is 6. The molecule has 0 aliphatic carbocycles. The Balaban J connectivity index is 2.41. The molecule has 0 radical (unpaired) electrons. The van der Waals surface area contributed by atoms with Crippen molar-refractivity contribution in [2.24, 2.45) is 0 Å². The molecule has 0 fully saturated rings. The van der Waals surface area contributed by atoms with Gasteiger partial charge in [-0.2, -0.15) is 5.10 Å². The highest BCUT2D eigenvalue weighted by Gasteiger charge is 2.22. The van der Waals surface area contributed by atoms with Crippen LogP contribution in [-0.2, 0) is 6.54 Å². The zero-order chi connectivity index (χ0) is 14.5. The van der Waals surface area contributed by atoms with E-state index < -0.39 is 0 Å². The zero-order valence-electron chi connectivity index (χ0n) is 11.6. The average Bonchev–Trinajstić information content (AvgIpc) is 2.82. The fraction of sp³-hybridized carbons (Fsp3) is 0.429. The molecule has 0 aliphatic rings. The van der Waals surface area contributed by atoms with E-state index in [1.165, 1.54) is 0 Å². The molecule has 2 heterocycles. The van der Waals surface area contributed by atoms with Crippen LogP contribution < -0.4 is 5.32 Å². The molecule has 4 nitrogen and oxygen atoms in total. The summed E-state index contributed by atoms with van der Waals surface area (Å²) >= 11 is 9.73. The number of hydrogen-bond donors (Lipinski definition) is 1. The second-order valence-corrected chi connectivity index (χ2v) is 5.80. The van der Waals surface area contributed by atoms with Crippen LogP contribution in [0.4, 0.5) is 0 Å². The number of aromatic nitrogens is 3. The Morgan fingerprint density at radius 2 is 2.15 bits per heavy atom. The van der Waals surface area contributed by atoms with Crippen molar-refractivity contribution in [2.45, 2.75) is 32.9 Å². The average molecular weight is 358 g/mol. The van der Waals surface area contributed by atoms with Crippen LogP contribution in [0, 0.1) is 0 Å². The summed E-state index contributed by atoms with van der Waals surface area (Å²) in [4.78, 5) is 4.49. The quantitative estimate of drug-likeness (QED) is 0.855. The Hall–Kier alpha value is -0.910. The van der Waals surface area contributed by atoms with E-state index in [0.29, 0.717) is 5.02 Å². The van der Waals surface area contributed by atoms with Crippen molar-refractivity contribution in [1.82, 2.24) is 20.1 Å². The first-order chi connectivity index (χ1) is 9.67. The number of hydrogen-bond acceptors (Lipinski definition) is 3. The smallest absolute Gasteiger partial charge is 0.0937 e. The standard InChI is InChI=1S/C14H18BrClN4/c1-3-7-17-13(12-6-5-10(15)8-18-12)14-11(16)9-19-20(14)4-2/h5-6,8-9,13,17H,3-4,7H2,1-2H3. The van der Waals surface area contributed by atoms with Crippen LogP contribution in [0.15, 0.2) is 29.0 Å². The Morgan fingerprint density at radius 3 is 2.75 bits per heavy atom. The fourth-order valence-corrected chi connectivity index (χ4v) is 2.58. The van der Waals surface area contributed by atoms with Gasteiger partial charge in [0.2, 0.25) is 0 Å². The lowest BCUT2D eigenvalue weighted by atomic mass is 10.1. The van der Waals surface area contributed by atoms with Crippen molar-refractivity contribution >= 4 is 27.5 Å². The Bertz CT molecular complexity index is 553. The second-order valence-electron chi connectivity index (χ2n) is 4.48. The summed E-state index contributed by atoms with van der Waals surface area (Å²) in [6.07, 6.45) is 4.54. The van der Waals surface area contributed by atoms with Gasteiger partial charge < -0.3 is 5.32 Å². The lowest BCUT2D eigenvalue weighted by Gasteiger charge is -2.20. The minimum atomic E-state index is -0.0435. The first-order valence-electron chi connectivity index (χ1n) is 6.73. The Morgan fingerprint density at radius 1 is 1.35 bits per heavy atom. The van der Waals surface area contributed by atoms with Crippen LogP contribution in [0.1, 0.15) is 37.7 Å². The summed E-state index contributed by atoms with van der Waals surface area (Å²) < 4.78 is 2.88. The molecule has 1 N–H and O–H groups in total. The monoisotopic (exact) mass is 356 g/mol. The first-order valence-corrected chi connectivity index (χ1v) is 7.90. The van der Waals surface area contributed by atoms with Gasteiger partial charge >= 0.3 is 0 Å². The molecule has 0 saturated carbocycles. The molecule has 0 aliphatic heterocycles. The molecule has 2 aromatic rings. The highest BCUT2D eigenvalue weighted by molar-refractivity contribution is 9.10. The molecule has 2 rings (SSSR count). The molecule has 1 atom stereocenters. The highest BCUT2D eigenvalue weighted by Crippen LogP contribution is 2.27. The van der Waals surface area contributed by atoms with Gasteiger partial charge in [-0.1, -0.05) is 18.5 Å². The van der Waals surface area contributed by atoms with Gasteiger partial charge in [0.1, 0.15) is 0 Å². The summed E-state index contributed by atoms with van der Waals surface area (Å²) in [6, 6.07) is 3.95. The van der Waals surface area contributed by atoms with Gasteiger partial charge in [-0.25, -0.2) is 0 Å². The number of halogens is 2. The summed E-state index contributed by atoms with van der Waals surface area (Å²) in [7, 11) is 0. The molecule has 108 valence electrons. The third-order valence-corrected chi connectivity index (χ3v) is 3.81. The van der Waals surface area contributed by atoms with Crippen molar-refractivity contribution in [1.29, 1.82) is 0 Å². The van der Waals surface area contributed by atoms with Crippen molar-refractivity contribution < 1.29 is 0 Å². The molecule has 0 saturated heterocycles. The second kappa shape index (κ2) is 7.20. The molecular weight excluding hydrogens is 340 g/mol. The number of nitrogens with zero attached hydrogens (tertiary/aromatic N) is 3. The third-order valence-electron chi connectivity index (χ3n) is 3.05. The molecule has 2 aromatic heterocycles. The van der Waals surface area contributed by atoms with E-state index in [1.807, 2.05) is 16.8 Å². The molecule has 6 heteroatoms. The number of pyridine rings is 1. The fourth-order valence-electron chi connectivity index (χ4n) is 2.10. The predicted molar refractivity (Wildman–Crippen MR) is 85.0 cm³/mol. The van der Waals surface area contributed by atoms with Gasteiger partial charge in [-0.05, 0) is 48.0 Å². The number of nitrogens with one attached hydrogen (secondary N) is 1. The molecule has 20 heavy (non-hydrogen) atoms. The lowest BCUT2D eigenvalue weighted by Crippen LogP contribution is -2.26. The van der Waals surface area contributed by atoms with Gasteiger partial charge in [0.05, 0.1) is 28.6 Å². The van der Waals surface area contributed by atoms with Crippen LogP contribution >= 0.6 is 27.5 Å². The normalized spacial score (nSPS) is 12.6. The third kappa shape index (κ3) is 3.40. The largest absolute Gasteiger partial charge is 0.304 e. The SMILES string of the molecule is CCCNC(c1ccc(Br)cn1)c1c(Cl)cnn1CC. The van der Waals surface area contributed by atoms with Gasteiger partial charge in [-0.15, -0.1) is 0 Å². The summed E-state index contributed by atoms with van der Waals surface area (Å²) in [6.45, 7) is 5.87. The maximum atomic E-state index is 6.32. The van der Waals surface area contributed by atoms with Crippen LogP contribution in [0.2, 0.25) is 5.02 Å². The van der Waals surface area contributed by atoms with Crippen molar-refractivity contribution in [3.63, 3.8) is 0 Å². The van der Waals surface area contributed by atoms with Gasteiger partial charge in [0, 0.05) is 17.2 Å². The van der Waals surface area contributed by atoms with Gasteiger partial charge in [0.15, 0.2) is 0 Å². The van der Waals surface area contributed by atoms with E-state index >= 15 is 0 Å². The van der Waals surface area contributed by atoms with E-state index in [-0.39, 0.29) is 6.04 Å². The van der Waals surface area contributed by atoms with Crippen LogP contribution in [-0.4, -0.2) is 21.3 Å². The minimum absolute atomic E-state index is 0.0435. The van der Waals surface area contributed by atoms with Crippen molar-refractivity contribution in [3.05, 3.63) is 45.4 Å².